The Hall–Kier alpha value is -5.87. The molecular weight excluding hydrogens is 603 g/mol. The van der Waals surface area contributed by atoms with Crippen molar-refractivity contribution in [2.24, 2.45) is 15.2 Å². The standard InChI is InChI=1S/C34H31FN8O4/c35-29-12-5-3-10-26(29)21-38-33(45)34(20-24-8-1-2-9-25(24)22-39-42-36)31(28-11-4-6-13-30(28)41-43-37)47-32(40-34)23-14-16-27(17-15-23)46-19-7-18-44/h1-6,8-17,31,44H,7,18-22H2,(H,38,45)/t31-,34-/m1/s1. The summed E-state index contributed by atoms with van der Waals surface area (Å²) >= 11 is 0. The number of aliphatic hydroxyl groups excluding tert-OH is 1. The maximum Gasteiger partial charge on any atom is 0.252 e. The van der Waals surface area contributed by atoms with Gasteiger partial charge in [0.15, 0.2) is 11.6 Å². The fourth-order valence-corrected chi connectivity index (χ4v) is 5.36. The minimum Gasteiger partial charge on any atom is -0.494 e. The number of ether oxygens (including phenoxy) is 2. The molecule has 4 aromatic rings. The number of nitrogens with zero attached hydrogens (tertiary/aromatic N) is 7. The summed E-state index contributed by atoms with van der Waals surface area (Å²) in [5.41, 5.74) is 19.5. The average molecular weight is 635 g/mol. The molecule has 0 fully saturated rings. The van der Waals surface area contributed by atoms with Gasteiger partial charge in [-0.2, -0.15) is 0 Å². The van der Waals surface area contributed by atoms with Crippen LogP contribution in [0.15, 0.2) is 112 Å². The summed E-state index contributed by atoms with van der Waals surface area (Å²) in [6, 6.07) is 27.1. The van der Waals surface area contributed by atoms with Gasteiger partial charge in [-0.1, -0.05) is 77.0 Å². The zero-order valence-corrected chi connectivity index (χ0v) is 25.2. The molecule has 2 N–H and O–H groups in total. The second-order valence-corrected chi connectivity index (χ2v) is 10.6. The first-order chi connectivity index (χ1) is 23.0. The number of hydrogen-bond acceptors (Lipinski definition) is 7. The topological polar surface area (TPSA) is 178 Å². The van der Waals surface area contributed by atoms with Gasteiger partial charge < -0.3 is 19.9 Å². The summed E-state index contributed by atoms with van der Waals surface area (Å²) in [6.07, 6.45) is -0.614. The van der Waals surface area contributed by atoms with Crippen LogP contribution in [0.5, 0.6) is 5.75 Å². The normalized spacial score (nSPS) is 16.6. The van der Waals surface area contributed by atoms with Crippen LogP contribution in [-0.2, 0) is 29.0 Å². The summed E-state index contributed by atoms with van der Waals surface area (Å²) in [5.74, 6) is -0.299. The average Bonchev–Trinajstić information content (AvgIpc) is 3.48. The Morgan fingerprint density at radius 2 is 1.66 bits per heavy atom. The number of nitrogens with one attached hydrogen (secondary N) is 1. The zero-order valence-electron chi connectivity index (χ0n) is 25.2. The van der Waals surface area contributed by atoms with Crippen molar-refractivity contribution in [1.29, 1.82) is 0 Å². The van der Waals surface area contributed by atoms with Crippen LogP contribution in [0.2, 0.25) is 0 Å². The van der Waals surface area contributed by atoms with Crippen molar-refractivity contribution in [1.82, 2.24) is 5.32 Å². The zero-order chi connectivity index (χ0) is 33.1. The Balaban J connectivity index is 1.65. The molecule has 0 spiro atoms. The highest BCUT2D eigenvalue weighted by atomic mass is 19.1. The Bertz CT molecular complexity index is 1860. The molecule has 2 atom stereocenters. The SMILES string of the molecule is [N-]=[N+]=NCc1ccccc1C[C@@]1(C(=O)NCc2ccccc2F)N=C(c2ccc(OCCCO)cc2)O[C@@H]1c1ccccc1N=[N+]=[N-]. The van der Waals surface area contributed by atoms with Crippen LogP contribution < -0.4 is 10.1 Å². The molecule has 4 aromatic carbocycles. The van der Waals surface area contributed by atoms with Crippen LogP contribution in [-0.4, -0.2) is 35.7 Å². The van der Waals surface area contributed by atoms with Gasteiger partial charge in [-0.15, -0.1) is 0 Å². The molecule has 238 valence electrons. The van der Waals surface area contributed by atoms with Gasteiger partial charge in [-0.05, 0) is 52.5 Å². The molecule has 12 nitrogen and oxygen atoms in total. The Labute approximate surface area is 269 Å². The number of carbonyl (C=O) groups is 1. The molecule has 0 saturated heterocycles. The molecule has 1 aliphatic heterocycles. The molecule has 1 heterocycles. The van der Waals surface area contributed by atoms with Crippen LogP contribution in [0.3, 0.4) is 0 Å². The van der Waals surface area contributed by atoms with Crippen molar-refractivity contribution in [2.45, 2.75) is 37.6 Å². The predicted octanol–water partition coefficient (Wildman–Crippen LogP) is 7.16. The quantitative estimate of drug-likeness (QED) is 0.0647. The van der Waals surface area contributed by atoms with Gasteiger partial charge in [-0.25, -0.2) is 9.38 Å². The van der Waals surface area contributed by atoms with E-state index in [0.29, 0.717) is 41.0 Å². The molecular formula is C34H31FN8O4. The van der Waals surface area contributed by atoms with Crippen LogP contribution in [0.4, 0.5) is 10.1 Å². The van der Waals surface area contributed by atoms with Gasteiger partial charge in [-0.3, -0.25) is 4.79 Å². The summed E-state index contributed by atoms with van der Waals surface area (Å²) in [5, 5.41) is 19.5. The smallest absolute Gasteiger partial charge is 0.252 e. The van der Waals surface area contributed by atoms with E-state index in [-0.39, 0.29) is 43.3 Å². The number of rotatable bonds is 14. The third kappa shape index (κ3) is 7.51. The fourth-order valence-electron chi connectivity index (χ4n) is 5.36. The molecule has 1 aliphatic rings. The molecule has 0 saturated carbocycles. The number of azide groups is 2. The van der Waals surface area contributed by atoms with Crippen molar-refractivity contribution in [3.8, 4) is 5.75 Å². The molecule has 47 heavy (non-hydrogen) atoms. The number of aliphatic imine (C=N–C) groups is 1. The first-order valence-corrected chi connectivity index (χ1v) is 14.8. The summed E-state index contributed by atoms with van der Waals surface area (Å²) in [7, 11) is 0. The van der Waals surface area contributed by atoms with E-state index >= 15 is 0 Å². The highest BCUT2D eigenvalue weighted by Crippen LogP contribution is 2.45. The maximum atomic E-state index is 14.6. The number of benzene rings is 4. The third-order valence-electron chi connectivity index (χ3n) is 7.68. The van der Waals surface area contributed by atoms with Crippen LogP contribution in [0.25, 0.3) is 20.9 Å². The lowest BCUT2D eigenvalue weighted by atomic mass is 9.80. The van der Waals surface area contributed by atoms with Crippen LogP contribution >= 0.6 is 0 Å². The van der Waals surface area contributed by atoms with Gasteiger partial charge in [0, 0.05) is 58.2 Å². The number of amides is 1. The van der Waals surface area contributed by atoms with E-state index in [9.17, 15) is 14.7 Å². The monoisotopic (exact) mass is 634 g/mol. The summed E-state index contributed by atoms with van der Waals surface area (Å²) in [4.78, 5) is 25.4. The van der Waals surface area contributed by atoms with Gasteiger partial charge in [0.05, 0.1) is 13.2 Å². The highest BCUT2D eigenvalue weighted by Gasteiger charge is 2.54. The van der Waals surface area contributed by atoms with E-state index in [2.05, 4.69) is 25.4 Å². The van der Waals surface area contributed by atoms with E-state index in [1.165, 1.54) is 6.07 Å². The van der Waals surface area contributed by atoms with Gasteiger partial charge >= 0.3 is 0 Å². The molecule has 0 radical (unpaired) electrons. The Morgan fingerprint density at radius 3 is 2.38 bits per heavy atom. The highest BCUT2D eigenvalue weighted by molar-refractivity contribution is 6.01. The molecule has 5 rings (SSSR count). The van der Waals surface area contributed by atoms with E-state index in [0.717, 1.165) is 0 Å². The number of hydrogen-bond donors (Lipinski definition) is 2. The lowest BCUT2D eigenvalue weighted by molar-refractivity contribution is -0.129. The van der Waals surface area contributed by atoms with Crippen molar-refractivity contribution >= 4 is 17.5 Å². The largest absolute Gasteiger partial charge is 0.494 e. The van der Waals surface area contributed by atoms with E-state index in [1.54, 1.807) is 84.9 Å². The number of carbonyl (C=O) groups excluding carboxylic acids is 1. The van der Waals surface area contributed by atoms with E-state index in [1.807, 2.05) is 6.07 Å². The minimum atomic E-state index is -1.69. The summed E-state index contributed by atoms with van der Waals surface area (Å²) in [6.45, 7) is 0.262. The van der Waals surface area contributed by atoms with E-state index < -0.39 is 23.4 Å². The van der Waals surface area contributed by atoms with E-state index in [4.69, 9.17) is 25.1 Å². The van der Waals surface area contributed by atoms with Crippen LogP contribution in [0, 0.1) is 5.82 Å². The first kappa shape index (κ1) is 32.5. The second-order valence-electron chi connectivity index (χ2n) is 10.6. The number of halogens is 1. The lowest BCUT2D eigenvalue weighted by Crippen LogP contribution is -2.50. The number of aliphatic hydroxyl groups is 1. The fraction of sp³-hybridized carbons (Fsp3) is 0.235. The van der Waals surface area contributed by atoms with Crippen molar-refractivity contribution in [3.63, 3.8) is 0 Å². The minimum absolute atomic E-state index is 0.00560. The Morgan fingerprint density at radius 1 is 0.957 bits per heavy atom. The van der Waals surface area contributed by atoms with Crippen molar-refractivity contribution < 1.29 is 23.8 Å². The molecule has 0 aromatic heterocycles. The second kappa shape index (κ2) is 15.4. The van der Waals surface area contributed by atoms with Gasteiger partial charge in [0.1, 0.15) is 11.6 Å². The van der Waals surface area contributed by atoms with Gasteiger partial charge in [0.25, 0.3) is 5.91 Å². The summed E-state index contributed by atoms with van der Waals surface area (Å²) < 4.78 is 26.8. The molecule has 0 bridgehead atoms. The molecule has 1 amide bonds. The van der Waals surface area contributed by atoms with Crippen molar-refractivity contribution in [2.75, 3.05) is 13.2 Å². The predicted molar refractivity (Wildman–Crippen MR) is 173 cm³/mol. The van der Waals surface area contributed by atoms with Crippen molar-refractivity contribution in [3.05, 3.63) is 152 Å². The Kier molecular flexibility index (Phi) is 10.7. The molecule has 13 heteroatoms. The maximum absolute atomic E-state index is 14.6. The lowest BCUT2D eigenvalue weighted by Gasteiger charge is -2.32. The van der Waals surface area contributed by atoms with Crippen LogP contribution in [0.1, 0.15) is 40.3 Å². The first-order valence-electron chi connectivity index (χ1n) is 14.8. The molecule has 0 unspecified atom stereocenters. The third-order valence-corrected chi connectivity index (χ3v) is 7.68. The van der Waals surface area contributed by atoms with Gasteiger partial charge in [0.2, 0.25) is 5.90 Å². The molecule has 0 aliphatic carbocycles.